The van der Waals surface area contributed by atoms with Crippen molar-refractivity contribution in [1.29, 1.82) is 0 Å². The number of allylic oxidation sites excluding steroid dienone is 1. The van der Waals surface area contributed by atoms with Crippen LogP contribution in [0.25, 0.3) is 0 Å². The van der Waals surface area contributed by atoms with Crippen molar-refractivity contribution in [2.24, 2.45) is 0 Å². The van der Waals surface area contributed by atoms with Crippen molar-refractivity contribution in [1.82, 2.24) is 19.8 Å². The maximum atomic E-state index is 12.7. The smallest absolute Gasteiger partial charge is 0.408 e. The number of imidazole rings is 1. The first-order chi connectivity index (χ1) is 22.5. The molecular formula is C39H62N4O4. The number of methoxy groups -OCH3 is 1. The van der Waals surface area contributed by atoms with Gasteiger partial charge >= 0.3 is 6.09 Å². The third-order valence-electron chi connectivity index (χ3n) is 7.02. The number of aromatic nitrogens is 2. The third-order valence-corrected chi connectivity index (χ3v) is 7.02. The van der Waals surface area contributed by atoms with E-state index < -0.39 is 11.7 Å². The SMILES string of the molecule is C=CC.CCCn1cc(CC)nc1[C@@H](Cc1ccc(OCc2ccccc2)cc1)NC(=O)OC(C)(C)C.CCN(CC)CCCOC. The molecule has 1 amide bonds. The fraction of sp³-hybridized carbons (Fsp3) is 0.538. The molecule has 0 spiro atoms. The van der Waals surface area contributed by atoms with E-state index in [9.17, 15) is 4.79 Å². The van der Waals surface area contributed by atoms with Crippen LogP contribution in [0.5, 0.6) is 5.75 Å². The van der Waals surface area contributed by atoms with E-state index in [2.05, 4.69) is 55.3 Å². The predicted octanol–water partition coefficient (Wildman–Crippen LogP) is 8.80. The number of amides is 1. The van der Waals surface area contributed by atoms with Gasteiger partial charge in [0.1, 0.15) is 23.8 Å². The molecule has 1 atom stereocenters. The molecule has 0 saturated carbocycles. The molecule has 1 aromatic heterocycles. The molecule has 0 fully saturated rings. The molecule has 2 aromatic carbocycles. The Morgan fingerprint density at radius 1 is 1.02 bits per heavy atom. The Morgan fingerprint density at radius 2 is 1.66 bits per heavy atom. The number of hydrogen-bond donors (Lipinski definition) is 1. The second-order valence-electron chi connectivity index (χ2n) is 12.2. The number of carbonyl (C=O) groups excluding carboxylic acids is 1. The van der Waals surface area contributed by atoms with Crippen LogP contribution in [0.15, 0.2) is 73.4 Å². The van der Waals surface area contributed by atoms with Crippen LogP contribution in [-0.2, 0) is 35.5 Å². The summed E-state index contributed by atoms with van der Waals surface area (Å²) in [5.41, 5.74) is 2.66. The highest BCUT2D eigenvalue weighted by Crippen LogP contribution is 2.23. The number of nitrogens with one attached hydrogen (secondary N) is 1. The lowest BCUT2D eigenvalue weighted by molar-refractivity contribution is 0.0500. The zero-order valence-electron chi connectivity index (χ0n) is 30.7. The third kappa shape index (κ3) is 17.8. The summed E-state index contributed by atoms with van der Waals surface area (Å²) >= 11 is 0. The van der Waals surface area contributed by atoms with Gasteiger partial charge in [0.05, 0.1) is 11.7 Å². The van der Waals surface area contributed by atoms with Gasteiger partial charge in [0, 0.05) is 39.4 Å². The van der Waals surface area contributed by atoms with E-state index >= 15 is 0 Å². The van der Waals surface area contributed by atoms with E-state index in [0.29, 0.717) is 13.0 Å². The zero-order chi connectivity index (χ0) is 35.1. The lowest BCUT2D eigenvalue weighted by Crippen LogP contribution is -2.36. The van der Waals surface area contributed by atoms with Gasteiger partial charge in [0.2, 0.25) is 0 Å². The van der Waals surface area contributed by atoms with Gasteiger partial charge in [0.15, 0.2) is 0 Å². The van der Waals surface area contributed by atoms with Crippen molar-refractivity contribution in [2.45, 2.75) is 106 Å². The second kappa shape index (κ2) is 23.7. The highest BCUT2D eigenvalue weighted by Gasteiger charge is 2.24. The summed E-state index contributed by atoms with van der Waals surface area (Å²) in [6.45, 7) is 25.2. The minimum Gasteiger partial charge on any atom is -0.489 e. The molecule has 1 N–H and O–H groups in total. The summed E-state index contributed by atoms with van der Waals surface area (Å²) < 4.78 is 18.6. The normalized spacial score (nSPS) is 11.4. The van der Waals surface area contributed by atoms with E-state index in [4.69, 9.17) is 19.2 Å². The molecule has 0 aliphatic heterocycles. The minimum atomic E-state index is -0.570. The van der Waals surface area contributed by atoms with Crippen molar-refractivity contribution < 1.29 is 19.0 Å². The number of alkyl carbamates (subject to hydrolysis) is 1. The van der Waals surface area contributed by atoms with Gasteiger partial charge in [-0.15, -0.1) is 6.58 Å². The average Bonchev–Trinajstić information content (AvgIpc) is 3.46. The first-order valence-electron chi connectivity index (χ1n) is 17.1. The van der Waals surface area contributed by atoms with Crippen LogP contribution >= 0.6 is 0 Å². The molecule has 3 aromatic rings. The van der Waals surface area contributed by atoms with Gasteiger partial charge in [-0.25, -0.2) is 9.78 Å². The van der Waals surface area contributed by atoms with Crippen molar-refractivity contribution in [3.8, 4) is 5.75 Å². The molecule has 0 aliphatic rings. The van der Waals surface area contributed by atoms with Crippen LogP contribution in [0.4, 0.5) is 4.79 Å². The molecular weight excluding hydrogens is 588 g/mol. The highest BCUT2D eigenvalue weighted by atomic mass is 16.6. The Morgan fingerprint density at radius 3 is 2.19 bits per heavy atom. The summed E-state index contributed by atoms with van der Waals surface area (Å²) in [6.07, 6.45) is 6.98. The van der Waals surface area contributed by atoms with E-state index in [1.807, 2.05) is 82.3 Å². The molecule has 3 rings (SSSR count). The molecule has 0 bridgehead atoms. The fourth-order valence-corrected chi connectivity index (χ4v) is 4.68. The van der Waals surface area contributed by atoms with Gasteiger partial charge in [-0.3, -0.25) is 0 Å². The summed E-state index contributed by atoms with van der Waals surface area (Å²) in [7, 11) is 1.75. The Bertz CT molecular complexity index is 1230. The zero-order valence-corrected chi connectivity index (χ0v) is 30.7. The van der Waals surface area contributed by atoms with Gasteiger partial charge in [-0.05, 0) is 83.3 Å². The predicted molar refractivity (Wildman–Crippen MR) is 195 cm³/mol. The molecule has 47 heavy (non-hydrogen) atoms. The standard InChI is InChI=1S/C28H37N3O3.C8H19NO.C3H6/c1-6-17-31-19-23(7-2)29-26(31)25(30-27(32)34-28(3,4)5)18-21-13-15-24(16-14-21)33-20-22-11-9-8-10-12-22;1-4-9(5-2)7-6-8-10-3;1-3-2/h8-16,19,25H,6-7,17-18,20H2,1-5H3,(H,30,32);4-8H2,1-3H3;3H,1H2,2H3/t25-;;/m1../s1. The van der Waals surface area contributed by atoms with E-state index in [1.165, 1.54) is 6.54 Å². The van der Waals surface area contributed by atoms with Crippen LogP contribution in [0, 0.1) is 0 Å². The van der Waals surface area contributed by atoms with E-state index in [0.717, 1.165) is 73.9 Å². The lowest BCUT2D eigenvalue weighted by Gasteiger charge is -2.24. The van der Waals surface area contributed by atoms with Gasteiger partial charge in [-0.2, -0.15) is 0 Å². The number of rotatable bonds is 16. The van der Waals surface area contributed by atoms with Gasteiger partial charge < -0.3 is 29.0 Å². The van der Waals surface area contributed by atoms with Crippen LogP contribution in [0.2, 0.25) is 0 Å². The number of aryl methyl sites for hydroxylation is 2. The Hall–Kier alpha value is -3.62. The first-order valence-corrected chi connectivity index (χ1v) is 17.1. The number of benzene rings is 2. The fourth-order valence-electron chi connectivity index (χ4n) is 4.68. The molecule has 262 valence electrons. The average molecular weight is 651 g/mol. The Kier molecular flexibility index (Phi) is 20.8. The summed E-state index contributed by atoms with van der Waals surface area (Å²) in [4.78, 5) is 19.9. The van der Waals surface area contributed by atoms with Crippen LogP contribution in [0.3, 0.4) is 0 Å². The first kappa shape index (κ1) is 41.4. The highest BCUT2D eigenvalue weighted by molar-refractivity contribution is 5.68. The molecule has 8 heteroatoms. The number of nitrogens with zero attached hydrogens (tertiary/aromatic N) is 3. The van der Waals surface area contributed by atoms with Crippen molar-refractivity contribution in [3.05, 3.63) is 96.1 Å². The molecule has 0 radical (unpaired) electrons. The lowest BCUT2D eigenvalue weighted by atomic mass is 10.0. The van der Waals surface area contributed by atoms with Crippen molar-refractivity contribution in [3.63, 3.8) is 0 Å². The molecule has 1 heterocycles. The monoisotopic (exact) mass is 650 g/mol. The molecule has 0 aliphatic carbocycles. The van der Waals surface area contributed by atoms with E-state index in [1.54, 1.807) is 13.2 Å². The van der Waals surface area contributed by atoms with E-state index in [-0.39, 0.29) is 6.04 Å². The molecule has 0 saturated heterocycles. The summed E-state index contributed by atoms with van der Waals surface area (Å²) in [5.74, 6) is 1.67. The van der Waals surface area contributed by atoms with Crippen LogP contribution < -0.4 is 10.1 Å². The van der Waals surface area contributed by atoms with Crippen molar-refractivity contribution >= 4 is 6.09 Å². The summed E-state index contributed by atoms with van der Waals surface area (Å²) in [5, 5.41) is 3.06. The maximum absolute atomic E-state index is 12.7. The molecule has 8 nitrogen and oxygen atoms in total. The topological polar surface area (TPSA) is 77.8 Å². The Labute approximate surface area is 285 Å². The maximum Gasteiger partial charge on any atom is 0.408 e. The molecule has 0 unspecified atom stereocenters. The Balaban J connectivity index is 0.000000719. The second-order valence-corrected chi connectivity index (χ2v) is 12.2. The van der Waals surface area contributed by atoms with Crippen LogP contribution in [0.1, 0.15) is 96.9 Å². The number of ether oxygens (including phenoxy) is 3. The van der Waals surface area contributed by atoms with Gasteiger partial charge in [-0.1, -0.05) is 76.2 Å². The minimum absolute atomic E-state index is 0.308. The van der Waals surface area contributed by atoms with Gasteiger partial charge in [0.25, 0.3) is 0 Å². The number of carbonyl (C=O) groups is 1. The largest absolute Gasteiger partial charge is 0.489 e. The van der Waals surface area contributed by atoms with Crippen molar-refractivity contribution in [2.75, 3.05) is 33.4 Å². The quantitative estimate of drug-likeness (QED) is 0.123. The summed E-state index contributed by atoms with van der Waals surface area (Å²) in [6, 6.07) is 17.8. The number of hydrogen-bond acceptors (Lipinski definition) is 6. The van der Waals surface area contributed by atoms with Crippen LogP contribution in [-0.4, -0.2) is 59.5 Å².